The van der Waals surface area contributed by atoms with Crippen LogP contribution in [0.5, 0.6) is 5.75 Å². The predicted molar refractivity (Wildman–Crippen MR) is 244 cm³/mol. The lowest BCUT2D eigenvalue weighted by Crippen LogP contribution is -2.17. The van der Waals surface area contributed by atoms with Gasteiger partial charge >= 0.3 is 0 Å². The third-order valence-electron chi connectivity index (χ3n) is 11.6. The molecule has 0 bridgehead atoms. The van der Waals surface area contributed by atoms with Crippen LogP contribution in [-0.4, -0.2) is 19.6 Å². The minimum absolute atomic E-state index is 0.168. The molecule has 0 spiro atoms. The molecular formula is C54H49N3O2. The van der Waals surface area contributed by atoms with Gasteiger partial charge < -0.3 is 9.52 Å². The van der Waals surface area contributed by atoms with Gasteiger partial charge in [0.15, 0.2) is 0 Å². The number of aromatic nitrogens is 3. The normalized spacial score (nSPS) is 12.1. The van der Waals surface area contributed by atoms with Gasteiger partial charge in [0.1, 0.15) is 22.9 Å². The number of fused-ring (bicyclic) bond motifs is 2. The van der Waals surface area contributed by atoms with Crippen LogP contribution in [-0.2, 0) is 10.8 Å². The second-order valence-corrected chi connectivity index (χ2v) is 17.8. The number of furan rings is 1. The molecular weight excluding hydrogens is 723 g/mol. The molecule has 292 valence electrons. The number of phenolic OH excluding ortho intramolecular Hbond substituents is 1. The molecule has 9 rings (SSSR count). The minimum Gasteiger partial charge on any atom is -0.507 e. The summed E-state index contributed by atoms with van der Waals surface area (Å²) < 4.78 is 8.72. The first-order chi connectivity index (χ1) is 28.3. The van der Waals surface area contributed by atoms with E-state index in [2.05, 4.69) is 187 Å². The van der Waals surface area contributed by atoms with E-state index in [-0.39, 0.29) is 16.6 Å². The minimum atomic E-state index is -0.310. The molecule has 5 heteroatoms. The predicted octanol–water partition coefficient (Wildman–Crippen LogP) is 14.4. The number of hydrogen-bond donors (Lipinski definition) is 1. The highest BCUT2D eigenvalue weighted by Gasteiger charge is 2.29. The smallest absolute Gasteiger partial charge is 0.149 e. The molecule has 0 aliphatic carbocycles. The molecule has 1 N–H and O–H groups in total. The summed E-state index contributed by atoms with van der Waals surface area (Å²) in [5.74, 6) is 1.78. The summed E-state index contributed by atoms with van der Waals surface area (Å²) in [5.41, 5.74) is 15.3. The first-order valence-electron chi connectivity index (χ1n) is 20.4. The van der Waals surface area contributed by atoms with Crippen molar-refractivity contribution in [3.8, 4) is 67.7 Å². The van der Waals surface area contributed by atoms with Crippen molar-refractivity contribution < 1.29 is 9.52 Å². The van der Waals surface area contributed by atoms with E-state index in [1.165, 1.54) is 11.1 Å². The number of imidazole rings is 1. The molecule has 0 radical (unpaired) electrons. The highest BCUT2D eigenvalue weighted by atomic mass is 16.3. The first-order valence-corrected chi connectivity index (χ1v) is 20.4. The Hall–Kier alpha value is -6.72. The largest absolute Gasteiger partial charge is 0.507 e. The first kappa shape index (κ1) is 37.8. The summed E-state index contributed by atoms with van der Waals surface area (Å²) in [6.45, 7) is 17.4. The fourth-order valence-electron chi connectivity index (χ4n) is 8.45. The highest BCUT2D eigenvalue weighted by Crippen LogP contribution is 2.45. The average Bonchev–Trinajstić information content (AvgIpc) is 3.82. The van der Waals surface area contributed by atoms with E-state index in [0.717, 1.165) is 83.7 Å². The number of para-hydroxylation sites is 2. The number of aromatic hydroxyl groups is 1. The fourth-order valence-corrected chi connectivity index (χ4v) is 8.45. The molecule has 59 heavy (non-hydrogen) atoms. The maximum atomic E-state index is 12.3. The molecule has 0 aliphatic heterocycles. The van der Waals surface area contributed by atoms with E-state index >= 15 is 0 Å². The van der Waals surface area contributed by atoms with Crippen LogP contribution in [0.25, 0.3) is 83.9 Å². The van der Waals surface area contributed by atoms with Crippen molar-refractivity contribution in [1.29, 1.82) is 0 Å². The highest BCUT2D eigenvalue weighted by molar-refractivity contribution is 5.99. The van der Waals surface area contributed by atoms with Crippen molar-refractivity contribution in [3.63, 3.8) is 0 Å². The summed E-state index contributed by atoms with van der Waals surface area (Å²) in [6.07, 6.45) is 1.82. The molecule has 0 fully saturated rings. The van der Waals surface area contributed by atoms with Gasteiger partial charge in [-0.15, -0.1) is 0 Å². The maximum Gasteiger partial charge on any atom is 0.149 e. The summed E-state index contributed by atoms with van der Waals surface area (Å²) in [5, 5.41) is 13.3. The van der Waals surface area contributed by atoms with Crippen molar-refractivity contribution in [2.24, 2.45) is 0 Å². The SMILES string of the molecule is Cc1cccc(C)c1-c1cc2c(-c3cccc(-c4cccc5c4nc(-c4cc(C(C)(C)C)cc(C(C)(C)C)c4O)n5-c4ccccc4-c4ccccc4)c3)nccc2o1. The lowest BCUT2D eigenvalue weighted by molar-refractivity contribution is 0.446. The third-order valence-corrected chi connectivity index (χ3v) is 11.6. The Labute approximate surface area is 346 Å². The molecule has 3 heterocycles. The van der Waals surface area contributed by atoms with Crippen LogP contribution in [0.4, 0.5) is 0 Å². The molecule has 0 amide bonds. The van der Waals surface area contributed by atoms with Gasteiger partial charge in [0, 0.05) is 39.4 Å². The standard InChI is InChI=1S/C54H49N3O2/c1-33-17-14-18-34(2)48(33)47-32-41-46(59-47)27-28-55-49(41)37-22-15-21-36(29-37)40-24-16-26-45-50(40)56-52(42-30-38(53(3,4)5)31-43(51(42)58)54(6,7)8)57(45)44-25-13-12-23-39(44)35-19-10-9-11-20-35/h9-32,58H,1-8H3. The van der Waals surface area contributed by atoms with E-state index in [4.69, 9.17) is 14.4 Å². The summed E-state index contributed by atoms with van der Waals surface area (Å²) in [7, 11) is 0. The van der Waals surface area contributed by atoms with Gasteiger partial charge in [-0.2, -0.15) is 0 Å². The molecule has 0 atom stereocenters. The fraction of sp³-hybridized carbons (Fsp3) is 0.185. The van der Waals surface area contributed by atoms with Gasteiger partial charge in [0.05, 0.1) is 28.0 Å². The van der Waals surface area contributed by atoms with Crippen LogP contribution in [0, 0.1) is 13.8 Å². The monoisotopic (exact) mass is 771 g/mol. The number of hydrogen-bond acceptors (Lipinski definition) is 4. The lowest BCUT2D eigenvalue weighted by atomic mass is 9.79. The molecule has 6 aromatic carbocycles. The second-order valence-electron chi connectivity index (χ2n) is 17.8. The van der Waals surface area contributed by atoms with E-state index < -0.39 is 0 Å². The number of benzene rings is 6. The van der Waals surface area contributed by atoms with Crippen molar-refractivity contribution in [2.45, 2.75) is 66.2 Å². The lowest BCUT2D eigenvalue weighted by Gasteiger charge is -2.27. The molecule has 9 aromatic rings. The van der Waals surface area contributed by atoms with E-state index in [1.807, 2.05) is 18.3 Å². The Kier molecular flexibility index (Phi) is 9.16. The Morgan fingerprint density at radius 1 is 0.593 bits per heavy atom. The van der Waals surface area contributed by atoms with Crippen LogP contribution in [0.3, 0.4) is 0 Å². The third kappa shape index (κ3) is 6.71. The van der Waals surface area contributed by atoms with Crippen LogP contribution in [0.2, 0.25) is 0 Å². The van der Waals surface area contributed by atoms with Crippen LogP contribution in [0.1, 0.15) is 63.8 Å². The van der Waals surface area contributed by atoms with Crippen LogP contribution >= 0.6 is 0 Å². The zero-order chi connectivity index (χ0) is 41.2. The van der Waals surface area contributed by atoms with Gasteiger partial charge in [-0.1, -0.05) is 145 Å². The molecule has 5 nitrogen and oxygen atoms in total. The Morgan fingerprint density at radius 3 is 2.00 bits per heavy atom. The average molecular weight is 772 g/mol. The van der Waals surface area contributed by atoms with Crippen molar-refractivity contribution >= 4 is 22.0 Å². The van der Waals surface area contributed by atoms with E-state index in [9.17, 15) is 5.11 Å². The molecule has 0 unspecified atom stereocenters. The second kappa shape index (κ2) is 14.3. The maximum absolute atomic E-state index is 12.3. The van der Waals surface area contributed by atoms with Crippen molar-refractivity contribution in [3.05, 3.63) is 168 Å². The zero-order valence-corrected chi connectivity index (χ0v) is 35.1. The zero-order valence-electron chi connectivity index (χ0n) is 35.1. The Bertz CT molecular complexity index is 3020. The summed E-state index contributed by atoms with van der Waals surface area (Å²) >= 11 is 0. The molecule has 3 aromatic heterocycles. The van der Waals surface area contributed by atoms with Gasteiger partial charge in [-0.3, -0.25) is 9.55 Å². The van der Waals surface area contributed by atoms with Crippen LogP contribution < -0.4 is 0 Å². The van der Waals surface area contributed by atoms with Gasteiger partial charge in [0.2, 0.25) is 0 Å². The van der Waals surface area contributed by atoms with Crippen molar-refractivity contribution in [1.82, 2.24) is 14.5 Å². The number of nitrogens with zero attached hydrogens (tertiary/aromatic N) is 3. The number of aryl methyl sites for hydroxylation is 2. The number of phenols is 1. The van der Waals surface area contributed by atoms with Gasteiger partial charge in [-0.25, -0.2) is 4.98 Å². The number of rotatable bonds is 6. The molecule has 0 aliphatic rings. The van der Waals surface area contributed by atoms with Crippen LogP contribution in [0.15, 0.2) is 150 Å². The van der Waals surface area contributed by atoms with E-state index in [1.54, 1.807) is 0 Å². The quantitative estimate of drug-likeness (QED) is 0.183. The summed E-state index contributed by atoms with van der Waals surface area (Å²) in [4.78, 5) is 10.5. The Balaban J connectivity index is 1.29. The molecule has 0 saturated carbocycles. The summed E-state index contributed by atoms with van der Waals surface area (Å²) in [6, 6.07) is 48.6. The number of pyridine rings is 1. The topological polar surface area (TPSA) is 64.1 Å². The van der Waals surface area contributed by atoms with E-state index in [0.29, 0.717) is 11.4 Å². The Morgan fingerprint density at radius 2 is 1.25 bits per heavy atom. The van der Waals surface area contributed by atoms with Gasteiger partial charge in [-0.05, 0) is 88.9 Å². The molecule has 0 saturated heterocycles. The van der Waals surface area contributed by atoms with Crippen molar-refractivity contribution in [2.75, 3.05) is 0 Å². The van der Waals surface area contributed by atoms with Gasteiger partial charge in [0.25, 0.3) is 0 Å².